The van der Waals surface area contributed by atoms with Crippen LogP contribution >= 0.6 is 0 Å². The Balaban J connectivity index is 2.13. The van der Waals surface area contributed by atoms with E-state index in [9.17, 15) is 8.42 Å². The molecule has 9 heteroatoms. The number of methoxy groups -OCH3 is 2. The Morgan fingerprint density at radius 1 is 1.08 bits per heavy atom. The Morgan fingerprint density at radius 3 is 2.46 bits per heavy atom. The molecule has 0 unspecified atom stereocenters. The molecule has 0 amide bonds. The number of nitrogens with zero attached hydrogens (tertiary/aromatic N) is 2. The number of ether oxygens (including phenoxy) is 2. The van der Waals surface area contributed by atoms with E-state index >= 15 is 0 Å². The topological polar surface area (TPSA) is 104 Å². The van der Waals surface area contributed by atoms with E-state index in [4.69, 9.17) is 13.9 Å². The van der Waals surface area contributed by atoms with Gasteiger partial charge in [-0.2, -0.15) is 0 Å². The zero-order valence-corrected chi connectivity index (χ0v) is 14.0. The summed E-state index contributed by atoms with van der Waals surface area (Å²) in [5.74, 6) is 1.59. The lowest BCUT2D eigenvalue weighted by Crippen LogP contribution is -2.08. The molecule has 0 spiro atoms. The summed E-state index contributed by atoms with van der Waals surface area (Å²) >= 11 is 0. The molecule has 0 aliphatic rings. The van der Waals surface area contributed by atoms with Crippen LogP contribution < -0.4 is 14.2 Å². The van der Waals surface area contributed by atoms with Gasteiger partial charge in [-0.05, 0) is 12.1 Å². The average molecular weight is 349 g/mol. The van der Waals surface area contributed by atoms with Crippen LogP contribution in [0.5, 0.6) is 11.5 Å². The Labute approximate surface area is 138 Å². The van der Waals surface area contributed by atoms with Crippen LogP contribution in [0.4, 0.5) is 5.88 Å². The highest BCUT2D eigenvalue weighted by Crippen LogP contribution is 2.36. The van der Waals surface area contributed by atoms with Crippen molar-refractivity contribution in [3.8, 4) is 23.0 Å². The van der Waals surface area contributed by atoms with Gasteiger partial charge in [0.1, 0.15) is 12.0 Å². The monoisotopic (exact) mass is 349 g/mol. The van der Waals surface area contributed by atoms with Crippen LogP contribution in [0, 0.1) is 0 Å². The number of furan rings is 1. The second-order valence-corrected chi connectivity index (χ2v) is 6.73. The van der Waals surface area contributed by atoms with Crippen molar-refractivity contribution in [2.75, 3.05) is 25.2 Å². The van der Waals surface area contributed by atoms with E-state index < -0.39 is 10.0 Å². The lowest BCUT2D eigenvalue weighted by atomic mass is 10.1. The lowest BCUT2D eigenvalue weighted by molar-refractivity contribution is 0.356. The van der Waals surface area contributed by atoms with Crippen molar-refractivity contribution in [1.82, 2.24) is 9.97 Å². The van der Waals surface area contributed by atoms with E-state index in [2.05, 4.69) is 14.7 Å². The van der Waals surface area contributed by atoms with Crippen LogP contribution in [0.25, 0.3) is 22.4 Å². The van der Waals surface area contributed by atoms with Crippen LogP contribution in [-0.4, -0.2) is 38.9 Å². The molecule has 0 aliphatic heterocycles. The molecule has 126 valence electrons. The minimum Gasteiger partial charge on any atom is -0.493 e. The molecule has 0 saturated heterocycles. The van der Waals surface area contributed by atoms with Gasteiger partial charge in [0, 0.05) is 17.5 Å². The number of sulfonamides is 1. The molecule has 0 fully saturated rings. The quantitative estimate of drug-likeness (QED) is 0.753. The Bertz CT molecular complexity index is 998. The van der Waals surface area contributed by atoms with Crippen molar-refractivity contribution in [1.29, 1.82) is 0 Å². The second kappa shape index (κ2) is 6.00. The van der Waals surface area contributed by atoms with E-state index in [1.54, 1.807) is 25.3 Å². The van der Waals surface area contributed by atoms with Gasteiger partial charge < -0.3 is 13.9 Å². The Hall–Kier alpha value is -2.81. The predicted octanol–water partition coefficient (Wildman–Crippen LogP) is 2.28. The fraction of sp³-hybridized carbons (Fsp3) is 0.200. The van der Waals surface area contributed by atoms with Gasteiger partial charge in [-0.1, -0.05) is 0 Å². The van der Waals surface area contributed by atoms with Gasteiger partial charge in [-0.15, -0.1) is 0 Å². The normalized spacial score (nSPS) is 11.5. The predicted molar refractivity (Wildman–Crippen MR) is 88.8 cm³/mol. The molecule has 0 radical (unpaired) electrons. The first-order valence-electron chi connectivity index (χ1n) is 6.86. The molecular formula is C15H15N3O5S. The second-order valence-electron chi connectivity index (χ2n) is 4.98. The van der Waals surface area contributed by atoms with Crippen LogP contribution in [0.3, 0.4) is 0 Å². The van der Waals surface area contributed by atoms with Crippen LogP contribution in [0.1, 0.15) is 0 Å². The maximum Gasteiger partial charge on any atom is 0.232 e. The van der Waals surface area contributed by atoms with E-state index in [0.717, 1.165) is 6.26 Å². The van der Waals surface area contributed by atoms with Gasteiger partial charge in [0.05, 0.1) is 26.0 Å². The molecule has 24 heavy (non-hydrogen) atoms. The standard InChI is InChI=1S/C15H15N3O5S/c1-21-12-6-9-10(7-13(12)22-2)16-8-17-15(9)11-4-5-14(23-11)18-24(3,19)20/h4-8,18H,1-3H3. The average Bonchev–Trinajstić information content (AvgIpc) is 2.99. The summed E-state index contributed by atoms with van der Waals surface area (Å²) in [6.07, 6.45) is 2.45. The van der Waals surface area contributed by atoms with Crippen molar-refractivity contribution in [2.45, 2.75) is 0 Å². The molecule has 0 aliphatic carbocycles. The van der Waals surface area contributed by atoms with Gasteiger partial charge in [0.15, 0.2) is 17.3 Å². The number of benzene rings is 1. The highest BCUT2D eigenvalue weighted by Gasteiger charge is 2.15. The maximum absolute atomic E-state index is 11.3. The smallest absolute Gasteiger partial charge is 0.232 e. The Kier molecular flexibility index (Phi) is 4.02. The van der Waals surface area contributed by atoms with Gasteiger partial charge in [-0.25, -0.2) is 18.4 Å². The fourth-order valence-corrected chi connectivity index (χ4v) is 2.76. The van der Waals surface area contributed by atoms with Crippen molar-refractivity contribution < 1.29 is 22.3 Å². The van der Waals surface area contributed by atoms with Gasteiger partial charge in [-0.3, -0.25) is 4.72 Å². The third kappa shape index (κ3) is 3.11. The van der Waals surface area contributed by atoms with E-state index in [-0.39, 0.29) is 5.88 Å². The van der Waals surface area contributed by atoms with E-state index in [1.807, 2.05) is 0 Å². The summed E-state index contributed by atoms with van der Waals surface area (Å²) in [5, 5.41) is 0.690. The first-order chi connectivity index (χ1) is 11.4. The molecule has 2 heterocycles. The molecule has 1 N–H and O–H groups in total. The molecule has 2 aromatic heterocycles. The number of anilines is 1. The number of hydrogen-bond acceptors (Lipinski definition) is 7. The van der Waals surface area contributed by atoms with E-state index in [0.29, 0.717) is 33.9 Å². The van der Waals surface area contributed by atoms with Crippen LogP contribution in [0.15, 0.2) is 35.0 Å². The zero-order valence-electron chi connectivity index (χ0n) is 13.2. The number of aromatic nitrogens is 2. The third-order valence-electron chi connectivity index (χ3n) is 3.27. The summed E-state index contributed by atoms with van der Waals surface area (Å²) < 4.78 is 40.9. The van der Waals surface area contributed by atoms with Gasteiger partial charge >= 0.3 is 0 Å². The third-order valence-corrected chi connectivity index (χ3v) is 3.84. The summed E-state index contributed by atoms with van der Waals surface area (Å²) in [7, 11) is -0.342. The van der Waals surface area contributed by atoms with E-state index in [1.165, 1.54) is 19.5 Å². The molecule has 0 atom stereocenters. The lowest BCUT2D eigenvalue weighted by Gasteiger charge is -2.10. The first-order valence-corrected chi connectivity index (χ1v) is 8.75. The molecule has 1 aromatic carbocycles. The van der Waals surface area contributed by atoms with Crippen LogP contribution in [-0.2, 0) is 10.0 Å². The highest BCUT2D eigenvalue weighted by atomic mass is 32.2. The largest absolute Gasteiger partial charge is 0.493 e. The van der Waals surface area contributed by atoms with Crippen molar-refractivity contribution >= 4 is 26.8 Å². The number of hydrogen-bond donors (Lipinski definition) is 1. The van der Waals surface area contributed by atoms with Crippen molar-refractivity contribution in [3.05, 3.63) is 30.6 Å². The van der Waals surface area contributed by atoms with Crippen molar-refractivity contribution in [3.63, 3.8) is 0 Å². The molecule has 3 rings (SSSR count). The summed E-state index contributed by atoms with van der Waals surface area (Å²) in [5.41, 5.74) is 1.16. The number of fused-ring (bicyclic) bond motifs is 1. The Morgan fingerprint density at radius 2 is 1.79 bits per heavy atom. The zero-order chi connectivity index (χ0) is 17.3. The minimum absolute atomic E-state index is 0.111. The molecule has 0 saturated carbocycles. The molecular weight excluding hydrogens is 334 g/mol. The SMILES string of the molecule is COc1cc2ncnc(-c3ccc(NS(C)(=O)=O)o3)c2cc1OC. The summed E-state index contributed by atoms with van der Waals surface area (Å²) in [6.45, 7) is 0. The summed E-state index contributed by atoms with van der Waals surface area (Å²) in [6, 6.07) is 6.63. The maximum atomic E-state index is 11.3. The van der Waals surface area contributed by atoms with Gasteiger partial charge in [0.25, 0.3) is 0 Å². The first kappa shape index (κ1) is 16.1. The van der Waals surface area contributed by atoms with Crippen molar-refractivity contribution in [2.24, 2.45) is 0 Å². The summed E-state index contributed by atoms with van der Waals surface area (Å²) in [4.78, 5) is 8.46. The fourth-order valence-electron chi connectivity index (χ4n) is 2.28. The number of nitrogens with one attached hydrogen (secondary N) is 1. The highest BCUT2D eigenvalue weighted by molar-refractivity contribution is 7.92. The molecule has 0 bridgehead atoms. The minimum atomic E-state index is -3.42. The van der Waals surface area contributed by atoms with Crippen LogP contribution in [0.2, 0.25) is 0 Å². The van der Waals surface area contributed by atoms with Gasteiger partial charge in [0.2, 0.25) is 15.9 Å². The number of rotatable bonds is 5. The molecule has 3 aromatic rings. The molecule has 8 nitrogen and oxygen atoms in total.